The van der Waals surface area contributed by atoms with Crippen molar-refractivity contribution in [2.45, 2.75) is 5.16 Å². The van der Waals surface area contributed by atoms with Crippen LogP contribution in [0.15, 0.2) is 28.0 Å². The molecule has 0 bridgehead atoms. The highest BCUT2D eigenvalue weighted by Crippen LogP contribution is 2.26. The number of esters is 1. The highest BCUT2D eigenvalue weighted by Gasteiger charge is 2.14. The predicted molar refractivity (Wildman–Crippen MR) is 70.4 cm³/mol. The second-order valence-electron chi connectivity index (χ2n) is 3.21. The molecule has 2 rings (SSSR count). The molecule has 0 radical (unpaired) electrons. The standard InChI is InChI=1S/C11H9BrN2O2S/c1-16-10(15)6-3-4-8(12)7-5-13-11(17-2)14-9(6)7/h3-5H,1-2H3. The van der Waals surface area contributed by atoms with Gasteiger partial charge in [0.05, 0.1) is 18.2 Å². The number of halogens is 1. The topological polar surface area (TPSA) is 52.1 Å². The Morgan fingerprint density at radius 1 is 1.47 bits per heavy atom. The van der Waals surface area contributed by atoms with E-state index < -0.39 is 5.97 Å². The fourth-order valence-corrected chi connectivity index (χ4v) is 2.21. The fourth-order valence-electron chi connectivity index (χ4n) is 1.44. The van der Waals surface area contributed by atoms with Gasteiger partial charge in [0.2, 0.25) is 0 Å². The van der Waals surface area contributed by atoms with Gasteiger partial charge in [-0.15, -0.1) is 0 Å². The normalized spacial score (nSPS) is 10.5. The van der Waals surface area contributed by atoms with Gasteiger partial charge in [-0.1, -0.05) is 27.7 Å². The highest BCUT2D eigenvalue weighted by molar-refractivity contribution is 9.10. The average Bonchev–Trinajstić information content (AvgIpc) is 2.38. The van der Waals surface area contributed by atoms with Gasteiger partial charge < -0.3 is 4.74 Å². The third-order valence-electron chi connectivity index (χ3n) is 2.26. The van der Waals surface area contributed by atoms with Gasteiger partial charge in [0.15, 0.2) is 5.16 Å². The Balaban J connectivity index is 2.76. The Labute approximate surface area is 111 Å². The monoisotopic (exact) mass is 312 g/mol. The molecular weight excluding hydrogens is 304 g/mol. The first-order chi connectivity index (χ1) is 8.17. The van der Waals surface area contributed by atoms with Crippen LogP contribution in [0.5, 0.6) is 0 Å². The summed E-state index contributed by atoms with van der Waals surface area (Å²) >= 11 is 4.84. The summed E-state index contributed by atoms with van der Waals surface area (Å²) in [7, 11) is 1.35. The molecule has 0 saturated carbocycles. The van der Waals surface area contributed by atoms with E-state index in [0.717, 1.165) is 9.86 Å². The number of methoxy groups -OCH3 is 1. The van der Waals surface area contributed by atoms with Gasteiger partial charge in [-0.05, 0) is 18.4 Å². The number of hydrogen-bond donors (Lipinski definition) is 0. The first kappa shape index (κ1) is 12.3. The van der Waals surface area contributed by atoms with Crippen LogP contribution in [0.4, 0.5) is 0 Å². The Hall–Kier alpha value is -1.14. The van der Waals surface area contributed by atoms with Crippen LogP contribution in [-0.2, 0) is 4.74 Å². The number of rotatable bonds is 2. The van der Waals surface area contributed by atoms with E-state index in [1.165, 1.54) is 18.9 Å². The van der Waals surface area contributed by atoms with Crippen molar-refractivity contribution in [3.05, 3.63) is 28.4 Å². The van der Waals surface area contributed by atoms with Crippen molar-refractivity contribution >= 4 is 44.6 Å². The Morgan fingerprint density at radius 3 is 2.88 bits per heavy atom. The third-order valence-corrected chi connectivity index (χ3v) is 3.52. The minimum absolute atomic E-state index is 0.395. The second-order valence-corrected chi connectivity index (χ2v) is 4.83. The van der Waals surface area contributed by atoms with E-state index in [4.69, 9.17) is 4.74 Å². The van der Waals surface area contributed by atoms with E-state index in [1.807, 2.05) is 6.26 Å². The van der Waals surface area contributed by atoms with Gasteiger partial charge in [-0.2, -0.15) is 0 Å². The molecule has 2 aromatic rings. The second kappa shape index (κ2) is 5.01. The summed E-state index contributed by atoms with van der Waals surface area (Å²) < 4.78 is 5.59. The lowest BCUT2D eigenvalue weighted by molar-refractivity contribution is 0.0602. The summed E-state index contributed by atoms with van der Waals surface area (Å²) in [4.78, 5) is 20.2. The van der Waals surface area contributed by atoms with Gasteiger partial charge >= 0.3 is 5.97 Å². The molecule has 0 aliphatic heterocycles. The van der Waals surface area contributed by atoms with Crippen LogP contribution in [0.25, 0.3) is 10.9 Å². The first-order valence-electron chi connectivity index (χ1n) is 4.75. The number of benzene rings is 1. The molecule has 0 saturated heterocycles. The molecule has 6 heteroatoms. The summed E-state index contributed by atoms with van der Waals surface area (Å²) in [5.41, 5.74) is 1.05. The number of fused-ring (bicyclic) bond motifs is 1. The first-order valence-corrected chi connectivity index (χ1v) is 6.76. The maximum atomic E-state index is 11.6. The van der Waals surface area contributed by atoms with Gasteiger partial charge in [0.25, 0.3) is 0 Å². The molecule has 1 aromatic carbocycles. The summed E-state index contributed by atoms with van der Waals surface area (Å²) in [5.74, 6) is -0.395. The number of thioether (sulfide) groups is 1. The van der Waals surface area contributed by atoms with Gasteiger partial charge in [-0.25, -0.2) is 14.8 Å². The Morgan fingerprint density at radius 2 is 2.24 bits per heavy atom. The van der Waals surface area contributed by atoms with Gasteiger partial charge in [0.1, 0.15) is 0 Å². The third kappa shape index (κ3) is 2.28. The van der Waals surface area contributed by atoms with Crippen LogP contribution in [0, 0.1) is 0 Å². The number of ether oxygens (including phenoxy) is 1. The maximum Gasteiger partial charge on any atom is 0.340 e. The molecule has 0 N–H and O–H groups in total. The molecule has 1 heterocycles. The van der Waals surface area contributed by atoms with Crippen LogP contribution < -0.4 is 0 Å². The Bertz CT molecular complexity index is 589. The summed E-state index contributed by atoms with van der Waals surface area (Å²) in [6.07, 6.45) is 3.58. The van der Waals surface area contributed by atoms with Crippen LogP contribution >= 0.6 is 27.7 Å². The summed E-state index contributed by atoms with van der Waals surface area (Å²) in [5, 5.41) is 1.42. The minimum atomic E-state index is -0.395. The smallest absolute Gasteiger partial charge is 0.340 e. The van der Waals surface area contributed by atoms with Crippen molar-refractivity contribution in [2.75, 3.05) is 13.4 Å². The van der Waals surface area contributed by atoms with Crippen molar-refractivity contribution in [3.8, 4) is 0 Å². The SMILES string of the molecule is COC(=O)c1ccc(Br)c2cnc(SC)nc12. The number of carbonyl (C=O) groups excluding carboxylic acids is 1. The van der Waals surface area contributed by atoms with Crippen molar-refractivity contribution in [1.29, 1.82) is 0 Å². The highest BCUT2D eigenvalue weighted by atomic mass is 79.9. The lowest BCUT2D eigenvalue weighted by Crippen LogP contribution is -2.04. The van der Waals surface area contributed by atoms with Crippen LogP contribution in [0.3, 0.4) is 0 Å². The molecule has 0 aliphatic rings. The van der Waals surface area contributed by atoms with E-state index in [2.05, 4.69) is 25.9 Å². The molecular formula is C11H9BrN2O2S. The van der Waals surface area contributed by atoms with Crippen molar-refractivity contribution in [3.63, 3.8) is 0 Å². The molecule has 1 aromatic heterocycles. The zero-order valence-electron chi connectivity index (χ0n) is 9.23. The number of nitrogens with zero attached hydrogens (tertiary/aromatic N) is 2. The molecule has 0 atom stereocenters. The number of aromatic nitrogens is 2. The zero-order valence-corrected chi connectivity index (χ0v) is 11.6. The van der Waals surface area contributed by atoms with Crippen molar-refractivity contribution < 1.29 is 9.53 Å². The lowest BCUT2D eigenvalue weighted by atomic mass is 10.1. The molecule has 0 spiro atoms. The quantitative estimate of drug-likeness (QED) is 0.485. The van der Waals surface area contributed by atoms with E-state index in [-0.39, 0.29) is 0 Å². The zero-order chi connectivity index (χ0) is 12.4. The number of carbonyl (C=O) groups is 1. The average molecular weight is 313 g/mol. The van der Waals surface area contributed by atoms with Crippen LogP contribution in [0.1, 0.15) is 10.4 Å². The lowest BCUT2D eigenvalue weighted by Gasteiger charge is -2.06. The molecule has 0 unspecified atom stereocenters. The van der Waals surface area contributed by atoms with E-state index in [1.54, 1.807) is 18.3 Å². The molecule has 0 amide bonds. The molecule has 4 nitrogen and oxygen atoms in total. The summed E-state index contributed by atoms with van der Waals surface area (Å²) in [6.45, 7) is 0. The molecule has 0 fully saturated rings. The molecule has 17 heavy (non-hydrogen) atoms. The predicted octanol–water partition coefficient (Wildman–Crippen LogP) is 2.90. The van der Waals surface area contributed by atoms with Gasteiger partial charge in [0, 0.05) is 16.1 Å². The largest absolute Gasteiger partial charge is 0.465 e. The van der Waals surface area contributed by atoms with Crippen molar-refractivity contribution in [1.82, 2.24) is 9.97 Å². The van der Waals surface area contributed by atoms with E-state index in [0.29, 0.717) is 16.2 Å². The fraction of sp³-hybridized carbons (Fsp3) is 0.182. The summed E-state index contributed by atoms with van der Waals surface area (Å²) in [6, 6.07) is 3.48. The van der Waals surface area contributed by atoms with Crippen LogP contribution in [-0.4, -0.2) is 29.3 Å². The van der Waals surface area contributed by atoms with E-state index in [9.17, 15) is 4.79 Å². The Kier molecular flexibility index (Phi) is 3.63. The van der Waals surface area contributed by atoms with E-state index >= 15 is 0 Å². The number of hydrogen-bond acceptors (Lipinski definition) is 5. The van der Waals surface area contributed by atoms with Crippen LogP contribution in [0.2, 0.25) is 0 Å². The van der Waals surface area contributed by atoms with Gasteiger partial charge in [-0.3, -0.25) is 0 Å². The minimum Gasteiger partial charge on any atom is -0.465 e. The maximum absolute atomic E-state index is 11.6. The van der Waals surface area contributed by atoms with Crippen molar-refractivity contribution in [2.24, 2.45) is 0 Å². The molecule has 0 aliphatic carbocycles. The molecule has 88 valence electrons.